The van der Waals surface area contributed by atoms with Crippen LogP contribution in [0.25, 0.3) is 0 Å². The molecule has 2 rings (SSSR count). The molecule has 2 aromatic carbocycles. The lowest BCUT2D eigenvalue weighted by molar-refractivity contribution is 0.506. The highest BCUT2D eigenvalue weighted by atomic mass is 35.5. The van der Waals surface area contributed by atoms with E-state index >= 15 is 0 Å². The van der Waals surface area contributed by atoms with Gasteiger partial charge in [0.05, 0.1) is 0 Å². The molecule has 0 aliphatic heterocycles. The number of nitrogens with two attached hydrogens (primary N) is 1. The SMILES string of the molecule is CCC(N)Cc1ccc(Sc2ccc(F)c(F)c2)cc1Cl. The molecule has 0 spiro atoms. The summed E-state index contributed by atoms with van der Waals surface area (Å²) in [5.74, 6) is -1.70. The quantitative estimate of drug-likeness (QED) is 0.831. The number of halogens is 3. The second-order valence-electron chi connectivity index (χ2n) is 4.80. The predicted octanol–water partition coefficient (Wildman–Crippen LogP) is 5.05. The normalized spacial score (nSPS) is 12.4. The topological polar surface area (TPSA) is 26.0 Å². The molecule has 1 atom stereocenters. The highest BCUT2D eigenvalue weighted by molar-refractivity contribution is 7.99. The number of hydrogen-bond acceptors (Lipinski definition) is 2. The molecule has 0 fully saturated rings. The fraction of sp³-hybridized carbons (Fsp3) is 0.250. The fourth-order valence-corrected chi connectivity index (χ4v) is 3.07. The van der Waals surface area contributed by atoms with Crippen LogP contribution >= 0.6 is 23.4 Å². The van der Waals surface area contributed by atoms with Gasteiger partial charge in [0.1, 0.15) is 0 Å². The second-order valence-corrected chi connectivity index (χ2v) is 6.36. The summed E-state index contributed by atoms with van der Waals surface area (Å²) < 4.78 is 26.1. The Balaban J connectivity index is 2.14. The summed E-state index contributed by atoms with van der Waals surface area (Å²) >= 11 is 7.59. The molecule has 0 aliphatic carbocycles. The van der Waals surface area contributed by atoms with Gasteiger partial charge in [-0.1, -0.05) is 36.4 Å². The van der Waals surface area contributed by atoms with Crippen molar-refractivity contribution in [1.29, 1.82) is 0 Å². The van der Waals surface area contributed by atoms with Crippen molar-refractivity contribution in [2.45, 2.75) is 35.6 Å². The zero-order valence-electron chi connectivity index (χ0n) is 11.6. The zero-order chi connectivity index (χ0) is 15.4. The molecular weight excluding hydrogens is 312 g/mol. The fourth-order valence-electron chi connectivity index (χ4n) is 1.86. The van der Waals surface area contributed by atoms with Crippen molar-refractivity contribution in [2.24, 2.45) is 5.73 Å². The van der Waals surface area contributed by atoms with Crippen molar-refractivity contribution in [3.05, 3.63) is 58.6 Å². The van der Waals surface area contributed by atoms with Crippen molar-refractivity contribution in [1.82, 2.24) is 0 Å². The van der Waals surface area contributed by atoms with Crippen LogP contribution in [0.1, 0.15) is 18.9 Å². The third kappa shape index (κ3) is 4.43. The van der Waals surface area contributed by atoms with Gasteiger partial charge in [-0.05, 0) is 48.7 Å². The first-order chi connectivity index (χ1) is 9.99. The first kappa shape index (κ1) is 16.3. The smallest absolute Gasteiger partial charge is 0.159 e. The van der Waals surface area contributed by atoms with E-state index in [4.69, 9.17) is 17.3 Å². The van der Waals surface area contributed by atoms with E-state index in [0.29, 0.717) is 9.92 Å². The van der Waals surface area contributed by atoms with Crippen LogP contribution in [0.4, 0.5) is 8.78 Å². The van der Waals surface area contributed by atoms with Crippen LogP contribution in [0.3, 0.4) is 0 Å². The molecule has 0 amide bonds. The predicted molar refractivity (Wildman–Crippen MR) is 83.9 cm³/mol. The third-order valence-electron chi connectivity index (χ3n) is 3.16. The lowest BCUT2D eigenvalue weighted by Gasteiger charge is -2.11. The lowest BCUT2D eigenvalue weighted by atomic mass is 10.1. The third-order valence-corrected chi connectivity index (χ3v) is 4.49. The van der Waals surface area contributed by atoms with Crippen LogP contribution in [-0.4, -0.2) is 6.04 Å². The van der Waals surface area contributed by atoms with Crippen molar-refractivity contribution in [2.75, 3.05) is 0 Å². The summed E-state index contributed by atoms with van der Waals surface area (Å²) in [5.41, 5.74) is 6.93. The Morgan fingerprint density at radius 3 is 2.38 bits per heavy atom. The van der Waals surface area contributed by atoms with E-state index in [-0.39, 0.29) is 6.04 Å². The minimum absolute atomic E-state index is 0.0900. The molecule has 1 unspecified atom stereocenters. The van der Waals surface area contributed by atoms with E-state index in [1.54, 1.807) is 0 Å². The van der Waals surface area contributed by atoms with Crippen molar-refractivity contribution >= 4 is 23.4 Å². The summed E-state index contributed by atoms with van der Waals surface area (Å²) in [7, 11) is 0. The highest BCUT2D eigenvalue weighted by Crippen LogP contribution is 2.32. The molecule has 0 aromatic heterocycles. The van der Waals surface area contributed by atoms with E-state index in [9.17, 15) is 8.78 Å². The maximum atomic E-state index is 13.2. The van der Waals surface area contributed by atoms with Gasteiger partial charge >= 0.3 is 0 Å². The molecule has 2 aromatic rings. The van der Waals surface area contributed by atoms with Gasteiger partial charge in [0, 0.05) is 20.9 Å². The summed E-state index contributed by atoms with van der Waals surface area (Å²) in [6.45, 7) is 2.03. The van der Waals surface area contributed by atoms with Crippen LogP contribution in [0.15, 0.2) is 46.2 Å². The van der Waals surface area contributed by atoms with Crippen LogP contribution in [-0.2, 0) is 6.42 Å². The van der Waals surface area contributed by atoms with Crippen molar-refractivity contribution in [3.63, 3.8) is 0 Å². The average Bonchev–Trinajstić information content (AvgIpc) is 2.45. The Bertz CT molecular complexity index is 634. The van der Waals surface area contributed by atoms with E-state index in [0.717, 1.165) is 29.4 Å². The molecule has 0 saturated heterocycles. The van der Waals surface area contributed by atoms with Gasteiger partial charge in [-0.2, -0.15) is 0 Å². The lowest BCUT2D eigenvalue weighted by Crippen LogP contribution is -2.21. The second kappa shape index (κ2) is 7.25. The Kier molecular flexibility index (Phi) is 5.62. The van der Waals surface area contributed by atoms with Gasteiger partial charge in [-0.25, -0.2) is 8.78 Å². The summed E-state index contributed by atoms with van der Waals surface area (Å²) in [4.78, 5) is 1.50. The average molecular weight is 328 g/mol. The standard InChI is InChI=1S/C16H16ClF2NS/c1-2-11(20)7-10-3-4-12(8-14(10)17)21-13-5-6-15(18)16(19)9-13/h3-6,8-9,11H,2,7,20H2,1H3. The van der Waals surface area contributed by atoms with E-state index in [2.05, 4.69) is 0 Å². The Morgan fingerprint density at radius 2 is 1.76 bits per heavy atom. The van der Waals surface area contributed by atoms with Crippen LogP contribution < -0.4 is 5.73 Å². The molecule has 2 N–H and O–H groups in total. The maximum Gasteiger partial charge on any atom is 0.159 e. The largest absolute Gasteiger partial charge is 0.327 e. The van der Waals surface area contributed by atoms with E-state index in [1.165, 1.54) is 23.9 Å². The Hall–Kier alpha value is -1.10. The minimum atomic E-state index is -0.850. The summed E-state index contributed by atoms with van der Waals surface area (Å²) in [5, 5.41) is 0.645. The molecule has 0 heterocycles. The first-order valence-corrected chi connectivity index (χ1v) is 7.86. The summed E-state index contributed by atoms with van der Waals surface area (Å²) in [6, 6.07) is 9.59. The molecule has 0 saturated carbocycles. The minimum Gasteiger partial charge on any atom is -0.327 e. The molecule has 0 aliphatic rings. The molecule has 5 heteroatoms. The molecule has 21 heavy (non-hydrogen) atoms. The molecule has 0 radical (unpaired) electrons. The highest BCUT2D eigenvalue weighted by Gasteiger charge is 2.08. The molecule has 0 bridgehead atoms. The van der Waals surface area contributed by atoms with Crippen LogP contribution in [0, 0.1) is 11.6 Å². The van der Waals surface area contributed by atoms with Gasteiger partial charge < -0.3 is 5.73 Å². The van der Waals surface area contributed by atoms with Gasteiger partial charge in [-0.15, -0.1) is 0 Å². The molecule has 112 valence electrons. The van der Waals surface area contributed by atoms with Gasteiger partial charge in [-0.3, -0.25) is 0 Å². The van der Waals surface area contributed by atoms with Crippen LogP contribution in [0.5, 0.6) is 0 Å². The van der Waals surface area contributed by atoms with Gasteiger partial charge in [0.15, 0.2) is 11.6 Å². The summed E-state index contributed by atoms with van der Waals surface area (Å²) in [6.07, 6.45) is 1.62. The maximum absolute atomic E-state index is 13.2. The molecule has 1 nitrogen and oxygen atoms in total. The zero-order valence-corrected chi connectivity index (χ0v) is 13.1. The molecular formula is C16H16ClF2NS. The van der Waals surface area contributed by atoms with Crippen molar-refractivity contribution < 1.29 is 8.78 Å². The van der Waals surface area contributed by atoms with E-state index < -0.39 is 11.6 Å². The number of benzene rings is 2. The van der Waals surface area contributed by atoms with Gasteiger partial charge in [0.25, 0.3) is 0 Å². The van der Waals surface area contributed by atoms with Crippen LogP contribution in [0.2, 0.25) is 5.02 Å². The number of rotatable bonds is 5. The number of hydrogen-bond donors (Lipinski definition) is 1. The Morgan fingerprint density at radius 1 is 1.10 bits per heavy atom. The Labute approximate surface area is 132 Å². The first-order valence-electron chi connectivity index (χ1n) is 6.66. The van der Waals surface area contributed by atoms with Crippen molar-refractivity contribution in [3.8, 4) is 0 Å². The van der Waals surface area contributed by atoms with Gasteiger partial charge in [0.2, 0.25) is 0 Å². The monoisotopic (exact) mass is 327 g/mol. The van der Waals surface area contributed by atoms with E-state index in [1.807, 2.05) is 25.1 Å².